The summed E-state index contributed by atoms with van der Waals surface area (Å²) in [6.45, 7) is 0.806. The van der Waals surface area contributed by atoms with E-state index in [0.29, 0.717) is 17.5 Å². The topological polar surface area (TPSA) is 74.1 Å². The second kappa shape index (κ2) is 9.48. The Labute approximate surface area is 168 Å². The molecule has 0 bridgehead atoms. The van der Waals surface area contributed by atoms with Crippen LogP contribution >= 0.6 is 0 Å². The van der Waals surface area contributed by atoms with Gasteiger partial charge in [-0.05, 0) is 36.6 Å². The lowest BCUT2D eigenvalue weighted by Gasteiger charge is -2.23. The van der Waals surface area contributed by atoms with E-state index in [9.17, 15) is 18.8 Å². The molecule has 0 unspecified atom stereocenters. The molecule has 5 nitrogen and oxygen atoms in total. The maximum Gasteiger partial charge on any atom is 0.238 e. The molecular weight excluding hydrogens is 376 g/mol. The first-order chi connectivity index (χ1) is 14.0. The number of carbonyl (C=O) groups excluding carboxylic acids is 1. The molecule has 2 aromatic rings. The molecule has 0 saturated carbocycles. The average Bonchev–Trinajstić information content (AvgIpc) is 2.74. The summed E-state index contributed by atoms with van der Waals surface area (Å²) in [6.07, 6.45) is 3.15. The van der Waals surface area contributed by atoms with Crippen LogP contribution in [0.1, 0.15) is 24.8 Å². The molecule has 1 fully saturated rings. The molecule has 0 aromatic heterocycles. The minimum Gasteiger partial charge on any atom is -0.493 e. The van der Waals surface area contributed by atoms with Crippen molar-refractivity contribution in [2.75, 3.05) is 13.7 Å². The number of nitrogens with zero attached hydrogens (tertiary/aromatic N) is 1. The average molecular weight is 399 g/mol. The third-order valence-corrected chi connectivity index (χ3v) is 5.02. The van der Waals surface area contributed by atoms with Gasteiger partial charge in [0, 0.05) is 18.1 Å². The third-order valence-electron chi connectivity index (χ3n) is 5.02. The molecule has 1 saturated heterocycles. The van der Waals surface area contributed by atoms with Gasteiger partial charge in [0.2, 0.25) is 5.91 Å². The Bertz CT molecular complexity index is 904. The first-order valence-corrected chi connectivity index (χ1v) is 9.57. The molecule has 2 N–H and O–H groups in total. The van der Waals surface area contributed by atoms with Crippen LogP contribution in [0.15, 0.2) is 36.4 Å². The number of carbonyl (C=O) groups is 1. The van der Waals surface area contributed by atoms with E-state index in [1.165, 1.54) is 13.2 Å². The number of nitrogens with one attached hydrogen (secondary N) is 2. The van der Waals surface area contributed by atoms with Gasteiger partial charge in [-0.1, -0.05) is 30.7 Å². The minimum absolute atomic E-state index is 0.0266. The summed E-state index contributed by atoms with van der Waals surface area (Å²) < 4.78 is 32.6. The van der Waals surface area contributed by atoms with Crippen molar-refractivity contribution in [1.29, 1.82) is 5.26 Å². The fraction of sp³-hybridized carbons (Fsp3) is 0.364. The lowest BCUT2D eigenvalue weighted by molar-refractivity contribution is -0.124. The van der Waals surface area contributed by atoms with Gasteiger partial charge in [-0.15, -0.1) is 0 Å². The van der Waals surface area contributed by atoms with Crippen LogP contribution in [0.25, 0.3) is 11.1 Å². The van der Waals surface area contributed by atoms with Crippen LogP contribution in [-0.2, 0) is 11.2 Å². The quantitative estimate of drug-likeness (QED) is 0.781. The molecule has 29 heavy (non-hydrogen) atoms. The first-order valence-electron chi connectivity index (χ1n) is 9.57. The number of nitriles is 1. The predicted octanol–water partition coefficient (Wildman–Crippen LogP) is 3.33. The van der Waals surface area contributed by atoms with Gasteiger partial charge in [-0.2, -0.15) is 5.26 Å². The maximum absolute atomic E-state index is 13.9. The summed E-state index contributed by atoms with van der Waals surface area (Å²) in [5, 5.41) is 15.4. The third kappa shape index (κ3) is 5.09. The molecule has 0 spiro atoms. The van der Waals surface area contributed by atoms with Gasteiger partial charge in [0.25, 0.3) is 0 Å². The van der Waals surface area contributed by atoms with Crippen molar-refractivity contribution in [3.8, 4) is 22.9 Å². The van der Waals surface area contributed by atoms with Crippen molar-refractivity contribution < 1.29 is 18.3 Å². The summed E-state index contributed by atoms with van der Waals surface area (Å²) in [6, 6.07) is 10.2. The number of methoxy groups -OCH3 is 1. The molecule has 7 heteroatoms. The zero-order chi connectivity index (χ0) is 20.8. The number of halogens is 2. The Hall–Kier alpha value is -2.98. The molecule has 1 heterocycles. The number of hydrogen-bond donors (Lipinski definition) is 2. The highest BCUT2D eigenvalue weighted by molar-refractivity contribution is 5.82. The van der Waals surface area contributed by atoms with Gasteiger partial charge in [0.15, 0.2) is 11.6 Å². The zero-order valence-electron chi connectivity index (χ0n) is 16.2. The Morgan fingerprint density at radius 1 is 1.31 bits per heavy atom. The van der Waals surface area contributed by atoms with E-state index in [-0.39, 0.29) is 17.7 Å². The van der Waals surface area contributed by atoms with Crippen LogP contribution in [-0.4, -0.2) is 31.6 Å². The highest BCUT2D eigenvalue weighted by Gasteiger charge is 2.23. The molecule has 1 aliphatic heterocycles. The molecule has 2 aromatic carbocycles. The minimum atomic E-state index is -0.768. The molecular formula is C22H23F2N3O2. The number of rotatable bonds is 6. The largest absolute Gasteiger partial charge is 0.493 e. The molecule has 2 atom stereocenters. The maximum atomic E-state index is 13.9. The van der Waals surface area contributed by atoms with E-state index >= 15 is 0 Å². The lowest BCUT2D eigenvalue weighted by Crippen LogP contribution is -2.49. The molecule has 3 rings (SSSR count). The van der Waals surface area contributed by atoms with E-state index in [1.807, 2.05) is 0 Å². The van der Waals surface area contributed by atoms with Gasteiger partial charge in [-0.3, -0.25) is 4.79 Å². The molecule has 0 radical (unpaired) electrons. The molecule has 0 aliphatic carbocycles. The first kappa shape index (κ1) is 20.7. The van der Waals surface area contributed by atoms with E-state index in [0.717, 1.165) is 37.4 Å². The Balaban J connectivity index is 1.70. The van der Waals surface area contributed by atoms with E-state index in [4.69, 9.17) is 4.74 Å². The van der Waals surface area contributed by atoms with Crippen molar-refractivity contribution in [3.63, 3.8) is 0 Å². The highest BCUT2D eigenvalue weighted by atomic mass is 19.1. The summed E-state index contributed by atoms with van der Waals surface area (Å²) in [7, 11) is 1.33. The van der Waals surface area contributed by atoms with Crippen LogP contribution in [0.2, 0.25) is 0 Å². The SMILES string of the molecule is COc1c(F)cc(F)cc1-c1ccc(C[C@@H](C#N)NC(=O)[C@@H]2CCCCN2)cc1. The summed E-state index contributed by atoms with van der Waals surface area (Å²) in [5.41, 5.74) is 1.73. The van der Waals surface area contributed by atoms with Gasteiger partial charge < -0.3 is 15.4 Å². The van der Waals surface area contributed by atoms with Gasteiger partial charge in [-0.25, -0.2) is 8.78 Å². The molecule has 1 aliphatic rings. The van der Waals surface area contributed by atoms with Gasteiger partial charge in [0.05, 0.1) is 19.2 Å². The summed E-state index contributed by atoms with van der Waals surface area (Å²) >= 11 is 0. The number of benzene rings is 2. The Morgan fingerprint density at radius 2 is 2.07 bits per heavy atom. The van der Waals surface area contributed by atoms with Crippen LogP contribution in [0.5, 0.6) is 5.75 Å². The summed E-state index contributed by atoms with van der Waals surface area (Å²) in [4.78, 5) is 12.3. The predicted molar refractivity (Wildman–Crippen MR) is 105 cm³/mol. The second-order valence-electron chi connectivity index (χ2n) is 7.06. The van der Waals surface area contributed by atoms with Crippen LogP contribution in [0.3, 0.4) is 0 Å². The van der Waals surface area contributed by atoms with Crippen LogP contribution in [0, 0.1) is 23.0 Å². The fourth-order valence-electron chi connectivity index (χ4n) is 3.52. The van der Waals surface area contributed by atoms with Gasteiger partial charge >= 0.3 is 0 Å². The number of piperidine rings is 1. The summed E-state index contributed by atoms with van der Waals surface area (Å²) in [5.74, 6) is -1.64. The van der Waals surface area contributed by atoms with E-state index < -0.39 is 17.7 Å². The van der Waals surface area contributed by atoms with Crippen molar-refractivity contribution in [2.24, 2.45) is 0 Å². The van der Waals surface area contributed by atoms with Crippen molar-refractivity contribution in [1.82, 2.24) is 10.6 Å². The van der Waals surface area contributed by atoms with E-state index in [2.05, 4.69) is 16.7 Å². The number of ether oxygens (including phenoxy) is 1. The standard InChI is InChI=1S/C22H23F2N3O2/c1-29-21-18(11-16(23)12-19(21)24)15-7-5-14(6-8-15)10-17(13-25)27-22(28)20-4-2-3-9-26-20/h5-8,11-12,17,20,26H,2-4,9-10H2,1H3,(H,27,28)/t17-,20-/m0/s1. The molecule has 152 valence electrons. The smallest absolute Gasteiger partial charge is 0.238 e. The Morgan fingerprint density at radius 3 is 2.69 bits per heavy atom. The number of hydrogen-bond acceptors (Lipinski definition) is 4. The second-order valence-corrected chi connectivity index (χ2v) is 7.06. The normalized spacial score (nSPS) is 17.2. The van der Waals surface area contributed by atoms with Crippen molar-refractivity contribution in [3.05, 3.63) is 53.6 Å². The fourth-order valence-corrected chi connectivity index (χ4v) is 3.52. The lowest BCUT2D eigenvalue weighted by atomic mass is 9.99. The number of amides is 1. The van der Waals surface area contributed by atoms with E-state index in [1.54, 1.807) is 24.3 Å². The molecule has 1 amide bonds. The highest BCUT2D eigenvalue weighted by Crippen LogP contribution is 2.33. The van der Waals surface area contributed by atoms with Crippen LogP contribution < -0.4 is 15.4 Å². The zero-order valence-corrected chi connectivity index (χ0v) is 16.2. The van der Waals surface area contributed by atoms with Crippen LogP contribution in [0.4, 0.5) is 8.78 Å². The Kier molecular flexibility index (Phi) is 6.78. The van der Waals surface area contributed by atoms with Crippen molar-refractivity contribution >= 4 is 5.91 Å². The van der Waals surface area contributed by atoms with Crippen molar-refractivity contribution in [2.45, 2.75) is 37.8 Å². The monoisotopic (exact) mass is 399 g/mol. The van der Waals surface area contributed by atoms with Gasteiger partial charge in [0.1, 0.15) is 11.9 Å².